The van der Waals surface area contributed by atoms with Crippen molar-refractivity contribution in [2.45, 2.75) is 50.3 Å². The Morgan fingerprint density at radius 2 is 2.05 bits per heavy atom. The molecule has 0 radical (unpaired) electrons. The number of hydrogen-bond donors (Lipinski definition) is 2. The first-order valence-electron chi connectivity index (χ1n) is 7.48. The molecule has 1 aliphatic rings. The maximum Gasteiger partial charge on any atom is 0.279 e. The summed E-state index contributed by atoms with van der Waals surface area (Å²) in [5.74, 6) is 0. The normalized spacial score (nSPS) is 23.6. The van der Waals surface area contributed by atoms with E-state index >= 15 is 0 Å². The third-order valence-electron chi connectivity index (χ3n) is 3.72. The molecule has 0 saturated heterocycles. The smallest absolute Gasteiger partial charge is 0.279 e. The van der Waals surface area contributed by atoms with E-state index in [-0.39, 0.29) is 6.04 Å². The number of nitrogens with one attached hydrogen (secondary N) is 2. The molecule has 1 saturated carbocycles. The Morgan fingerprint density at radius 1 is 1.30 bits per heavy atom. The Kier molecular flexibility index (Phi) is 8.43. The van der Waals surface area contributed by atoms with Gasteiger partial charge in [0.15, 0.2) is 0 Å². The molecule has 2 atom stereocenters. The first-order chi connectivity index (χ1) is 9.51. The van der Waals surface area contributed by atoms with E-state index in [1.807, 2.05) is 0 Å². The number of thioether (sulfide) groups is 1. The third kappa shape index (κ3) is 5.89. The molecule has 1 aliphatic carbocycles. The minimum absolute atomic E-state index is 0.0932. The fourth-order valence-electron chi connectivity index (χ4n) is 2.47. The monoisotopic (exact) mass is 323 g/mol. The van der Waals surface area contributed by atoms with Crippen molar-refractivity contribution in [2.24, 2.45) is 0 Å². The fraction of sp³-hybridized carbons (Fsp3) is 1.00. The summed E-state index contributed by atoms with van der Waals surface area (Å²) in [5, 5.41) is 3.71. The van der Waals surface area contributed by atoms with Gasteiger partial charge in [-0.3, -0.25) is 0 Å². The number of hydrogen-bond acceptors (Lipinski definition) is 4. The van der Waals surface area contributed by atoms with E-state index in [1.165, 1.54) is 4.31 Å². The van der Waals surface area contributed by atoms with Gasteiger partial charge >= 0.3 is 0 Å². The van der Waals surface area contributed by atoms with Crippen molar-refractivity contribution in [3.63, 3.8) is 0 Å². The van der Waals surface area contributed by atoms with E-state index in [2.05, 4.69) is 23.2 Å². The summed E-state index contributed by atoms with van der Waals surface area (Å²) in [6.45, 7) is 4.54. The molecule has 0 spiro atoms. The summed E-state index contributed by atoms with van der Waals surface area (Å²) in [6, 6.07) is 0.0932. The van der Waals surface area contributed by atoms with Crippen molar-refractivity contribution in [3.8, 4) is 0 Å². The lowest BCUT2D eigenvalue weighted by atomic mass is 10.3. The van der Waals surface area contributed by atoms with Crippen LogP contribution in [0.15, 0.2) is 0 Å². The Labute approximate surface area is 128 Å². The molecular weight excluding hydrogens is 294 g/mol. The van der Waals surface area contributed by atoms with Crippen LogP contribution in [0.5, 0.6) is 0 Å². The van der Waals surface area contributed by atoms with Crippen LogP contribution in [0.3, 0.4) is 0 Å². The SMILES string of the molecule is CCCNCCCN(C)S(=O)(=O)NC1CCCC1SC. The van der Waals surface area contributed by atoms with Crippen LogP contribution in [0.25, 0.3) is 0 Å². The standard InChI is InChI=1S/C13H29N3O2S2/c1-4-9-14-10-6-11-16(2)20(17,18)15-12-7-5-8-13(12)19-3/h12-15H,4-11H2,1-3H3. The molecule has 0 heterocycles. The molecule has 0 aromatic rings. The van der Waals surface area contributed by atoms with Gasteiger partial charge in [0.05, 0.1) is 0 Å². The van der Waals surface area contributed by atoms with Crippen LogP contribution < -0.4 is 10.0 Å². The van der Waals surface area contributed by atoms with Gasteiger partial charge in [-0.25, -0.2) is 0 Å². The molecule has 0 aromatic heterocycles. The van der Waals surface area contributed by atoms with Crippen molar-refractivity contribution in [1.29, 1.82) is 0 Å². The first-order valence-corrected chi connectivity index (χ1v) is 10.2. The predicted octanol–water partition coefficient (Wildman–Crippen LogP) is 1.43. The highest BCUT2D eigenvalue weighted by Gasteiger charge is 2.31. The molecular formula is C13H29N3O2S2. The van der Waals surface area contributed by atoms with Gasteiger partial charge in [0, 0.05) is 24.9 Å². The van der Waals surface area contributed by atoms with Crippen LogP contribution in [0.4, 0.5) is 0 Å². The molecule has 2 unspecified atom stereocenters. The fourth-order valence-corrected chi connectivity index (χ4v) is 4.71. The maximum absolute atomic E-state index is 12.3. The van der Waals surface area contributed by atoms with Crippen LogP contribution in [-0.2, 0) is 10.2 Å². The molecule has 1 rings (SSSR count). The second kappa shape index (κ2) is 9.25. The van der Waals surface area contributed by atoms with Crippen LogP contribution in [0.2, 0.25) is 0 Å². The van der Waals surface area contributed by atoms with Gasteiger partial charge in [-0.1, -0.05) is 13.3 Å². The second-order valence-corrected chi connectivity index (χ2v) is 8.25. The zero-order valence-electron chi connectivity index (χ0n) is 12.9. The minimum Gasteiger partial charge on any atom is -0.317 e. The van der Waals surface area contributed by atoms with Crippen molar-refractivity contribution in [2.75, 3.05) is 32.9 Å². The van der Waals surface area contributed by atoms with Crippen LogP contribution >= 0.6 is 11.8 Å². The zero-order valence-corrected chi connectivity index (χ0v) is 14.5. The lowest BCUT2D eigenvalue weighted by Gasteiger charge is -2.23. The van der Waals surface area contributed by atoms with E-state index in [1.54, 1.807) is 18.8 Å². The van der Waals surface area contributed by atoms with Crippen LogP contribution in [0, 0.1) is 0 Å². The highest BCUT2D eigenvalue weighted by atomic mass is 32.2. The van der Waals surface area contributed by atoms with Gasteiger partial charge < -0.3 is 5.32 Å². The number of nitrogens with zero attached hydrogens (tertiary/aromatic N) is 1. The highest BCUT2D eigenvalue weighted by molar-refractivity contribution is 7.99. The predicted molar refractivity (Wildman–Crippen MR) is 87.4 cm³/mol. The van der Waals surface area contributed by atoms with Crippen molar-refractivity contribution in [1.82, 2.24) is 14.3 Å². The Hall–Kier alpha value is 0.180. The summed E-state index contributed by atoms with van der Waals surface area (Å²) in [7, 11) is -1.68. The molecule has 120 valence electrons. The van der Waals surface area contributed by atoms with E-state index in [4.69, 9.17) is 0 Å². The number of rotatable bonds is 10. The summed E-state index contributed by atoms with van der Waals surface area (Å²) in [5.41, 5.74) is 0. The molecule has 0 bridgehead atoms. The maximum atomic E-state index is 12.3. The molecule has 0 aliphatic heterocycles. The molecule has 1 fully saturated rings. The third-order valence-corrected chi connectivity index (χ3v) is 6.49. The molecule has 2 N–H and O–H groups in total. The van der Waals surface area contributed by atoms with Crippen molar-refractivity contribution < 1.29 is 8.42 Å². The second-order valence-electron chi connectivity index (χ2n) is 5.36. The van der Waals surface area contributed by atoms with Crippen molar-refractivity contribution in [3.05, 3.63) is 0 Å². The summed E-state index contributed by atoms with van der Waals surface area (Å²) < 4.78 is 28.8. The Bertz CT molecular complexity index is 363. The average Bonchev–Trinajstić information content (AvgIpc) is 2.84. The Balaban J connectivity index is 2.35. The summed E-state index contributed by atoms with van der Waals surface area (Å²) in [4.78, 5) is 0. The Morgan fingerprint density at radius 3 is 2.70 bits per heavy atom. The molecule has 7 heteroatoms. The van der Waals surface area contributed by atoms with Gasteiger partial charge in [-0.2, -0.15) is 29.2 Å². The average molecular weight is 324 g/mol. The van der Waals surface area contributed by atoms with Crippen LogP contribution in [-0.4, -0.2) is 57.0 Å². The van der Waals surface area contributed by atoms with Gasteiger partial charge in [0.1, 0.15) is 0 Å². The van der Waals surface area contributed by atoms with Crippen molar-refractivity contribution >= 4 is 22.0 Å². The van der Waals surface area contributed by atoms with Gasteiger partial charge in [-0.05, 0) is 45.0 Å². The molecule has 20 heavy (non-hydrogen) atoms. The zero-order chi connectivity index (χ0) is 15.0. The summed E-state index contributed by atoms with van der Waals surface area (Å²) in [6.07, 6.45) is 7.18. The molecule has 0 aromatic carbocycles. The topological polar surface area (TPSA) is 61.4 Å². The molecule has 5 nitrogen and oxygen atoms in total. The lowest BCUT2D eigenvalue weighted by molar-refractivity contribution is 0.436. The largest absolute Gasteiger partial charge is 0.317 e. The lowest BCUT2D eigenvalue weighted by Crippen LogP contribution is -2.46. The quantitative estimate of drug-likeness (QED) is 0.597. The minimum atomic E-state index is -3.34. The van der Waals surface area contributed by atoms with Gasteiger partial charge in [0.2, 0.25) is 0 Å². The van der Waals surface area contributed by atoms with E-state index in [9.17, 15) is 8.42 Å². The van der Waals surface area contributed by atoms with E-state index < -0.39 is 10.2 Å². The highest BCUT2D eigenvalue weighted by Crippen LogP contribution is 2.28. The van der Waals surface area contributed by atoms with E-state index in [0.717, 1.165) is 45.2 Å². The molecule has 0 amide bonds. The van der Waals surface area contributed by atoms with E-state index in [0.29, 0.717) is 11.8 Å². The van der Waals surface area contributed by atoms with Gasteiger partial charge in [-0.15, -0.1) is 0 Å². The van der Waals surface area contributed by atoms with Crippen LogP contribution in [0.1, 0.15) is 39.0 Å². The summed E-state index contributed by atoms with van der Waals surface area (Å²) >= 11 is 1.76. The van der Waals surface area contributed by atoms with Gasteiger partial charge in [0.25, 0.3) is 10.2 Å². The first kappa shape index (κ1) is 18.2.